The lowest BCUT2D eigenvalue weighted by molar-refractivity contribution is -0.144. The molecule has 5 atom stereocenters. The molecule has 0 aromatic carbocycles. The Hall–Kier alpha value is -1.62. The van der Waals surface area contributed by atoms with Gasteiger partial charge in [-0.05, 0) is 25.8 Å². The molecule has 0 amide bonds. The summed E-state index contributed by atoms with van der Waals surface area (Å²) in [6.07, 6.45) is -0.934. The molecule has 0 aromatic heterocycles. The second-order valence-corrected chi connectivity index (χ2v) is 6.07. The van der Waals surface area contributed by atoms with Gasteiger partial charge in [-0.1, -0.05) is 12.5 Å². The molecule has 3 aliphatic rings. The number of hydrogen-bond acceptors (Lipinski definition) is 5. The van der Waals surface area contributed by atoms with Crippen LogP contribution < -0.4 is 0 Å². The first-order chi connectivity index (χ1) is 9.34. The molecule has 0 radical (unpaired) electrons. The summed E-state index contributed by atoms with van der Waals surface area (Å²) in [5, 5.41) is 20.3. The molecular formula is C15H18O5. The van der Waals surface area contributed by atoms with E-state index in [1.54, 1.807) is 20.8 Å². The highest BCUT2D eigenvalue weighted by Gasteiger charge is 2.55. The number of rotatable bonds is 0. The lowest BCUT2D eigenvalue weighted by Gasteiger charge is -2.26. The summed E-state index contributed by atoms with van der Waals surface area (Å²) in [7, 11) is 0. The van der Waals surface area contributed by atoms with Crippen molar-refractivity contribution in [3.8, 4) is 0 Å². The Morgan fingerprint density at radius 3 is 2.55 bits per heavy atom. The van der Waals surface area contributed by atoms with Crippen LogP contribution in [0.1, 0.15) is 27.2 Å². The molecule has 0 unspecified atom stereocenters. The monoisotopic (exact) mass is 278 g/mol. The molecule has 0 spiro atoms. The molecule has 5 nitrogen and oxygen atoms in total. The number of aliphatic hydroxyl groups excluding tert-OH is 2. The Bertz CT molecular complexity index is 571. The first kappa shape index (κ1) is 13.4. The van der Waals surface area contributed by atoms with Crippen molar-refractivity contribution >= 4 is 11.8 Å². The summed E-state index contributed by atoms with van der Waals surface area (Å²) >= 11 is 0. The van der Waals surface area contributed by atoms with Gasteiger partial charge in [0, 0.05) is 11.5 Å². The summed E-state index contributed by atoms with van der Waals surface area (Å²) < 4.78 is 5.43. The number of hydrogen-bond donors (Lipinski definition) is 2. The third-order valence-corrected chi connectivity index (χ3v) is 4.94. The third-order valence-electron chi connectivity index (χ3n) is 4.94. The number of aliphatic hydroxyl groups is 2. The normalized spacial score (nSPS) is 40.7. The fraction of sp³-hybridized carbons (Fsp3) is 0.600. The highest BCUT2D eigenvalue weighted by atomic mass is 16.6. The third kappa shape index (κ3) is 1.53. The number of carbonyl (C=O) groups excluding carboxylic acids is 2. The largest absolute Gasteiger partial charge is 0.504 e. The lowest BCUT2D eigenvalue weighted by atomic mass is 9.80. The van der Waals surface area contributed by atoms with Gasteiger partial charge in [0.1, 0.15) is 6.10 Å². The molecule has 0 saturated carbocycles. The molecule has 1 heterocycles. The van der Waals surface area contributed by atoms with Crippen LogP contribution in [0.5, 0.6) is 0 Å². The van der Waals surface area contributed by atoms with E-state index in [-0.39, 0.29) is 17.6 Å². The van der Waals surface area contributed by atoms with Crippen molar-refractivity contribution in [2.45, 2.75) is 39.4 Å². The minimum Gasteiger partial charge on any atom is -0.504 e. The van der Waals surface area contributed by atoms with Gasteiger partial charge in [0.2, 0.25) is 5.78 Å². The number of Topliss-reactive ketones (excluding diaryl/α,β-unsaturated/α-hetero) is 1. The summed E-state index contributed by atoms with van der Waals surface area (Å²) in [5.74, 6) is -2.13. The maximum Gasteiger partial charge on any atom is 0.309 e. The molecule has 1 aliphatic heterocycles. The highest BCUT2D eigenvalue weighted by Crippen LogP contribution is 2.48. The molecule has 108 valence electrons. The van der Waals surface area contributed by atoms with E-state index in [0.717, 1.165) is 5.57 Å². The molecule has 1 fully saturated rings. The maximum atomic E-state index is 12.2. The van der Waals surface area contributed by atoms with Gasteiger partial charge in [-0.25, -0.2) is 0 Å². The fourth-order valence-electron chi connectivity index (χ4n) is 3.85. The minimum atomic E-state index is -0.706. The van der Waals surface area contributed by atoms with Gasteiger partial charge in [-0.3, -0.25) is 9.59 Å². The zero-order valence-electron chi connectivity index (χ0n) is 11.7. The SMILES string of the molecule is CC1=C2C(=O)C(O)=C(C)[C@@H]2[C@H]2OC(=O)[C@@H](C)[C@@H]2[C@@H](O)C1. The second-order valence-electron chi connectivity index (χ2n) is 6.07. The van der Waals surface area contributed by atoms with Crippen LogP contribution >= 0.6 is 0 Å². The summed E-state index contributed by atoms with van der Waals surface area (Å²) in [6, 6.07) is 0. The first-order valence-corrected chi connectivity index (χ1v) is 6.87. The van der Waals surface area contributed by atoms with Gasteiger partial charge in [0.15, 0.2) is 5.76 Å². The van der Waals surface area contributed by atoms with Crippen LogP contribution in [-0.2, 0) is 14.3 Å². The van der Waals surface area contributed by atoms with Gasteiger partial charge in [0.25, 0.3) is 0 Å². The van der Waals surface area contributed by atoms with Gasteiger partial charge in [-0.15, -0.1) is 0 Å². The summed E-state index contributed by atoms with van der Waals surface area (Å²) in [4.78, 5) is 24.0. The van der Waals surface area contributed by atoms with Gasteiger partial charge in [-0.2, -0.15) is 0 Å². The number of esters is 1. The predicted octanol–water partition coefficient (Wildman–Crippen LogP) is 1.28. The summed E-state index contributed by atoms with van der Waals surface area (Å²) in [5.41, 5.74) is 1.80. The molecule has 2 aliphatic carbocycles. The quantitative estimate of drug-likeness (QED) is 0.652. The van der Waals surface area contributed by atoms with E-state index in [9.17, 15) is 19.8 Å². The van der Waals surface area contributed by atoms with Crippen LogP contribution in [0.2, 0.25) is 0 Å². The molecule has 3 rings (SSSR count). The lowest BCUT2D eigenvalue weighted by Crippen LogP contribution is -2.35. The zero-order valence-corrected chi connectivity index (χ0v) is 11.7. The van der Waals surface area contributed by atoms with E-state index in [1.807, 2.05) is 0 Å². The molecule has 1 saturated heterocycles. The van der Waals surface area contributed by atoms with Crippen LogP contribution in [0, 0.1) is 17.8 Å². The van der Waals surface area contributed by atoms with Crippen LogP contribution in [0.4, 0.5) is 0 Å². The van der Waals surface area contributed by atoms with E-state index in [1.165, 1.54) is 0 Å². The number of fused-ring (bicyclic) bond motifs is 3. The van der Waals surface area contributed by atoms with Crippen molar-refractivity contribution in [2.24, 2.45) is 17.8 Å². The average Bonchev–Trinajstić information content (AvgIpc) is 2.74. The van der Waals surface area contributed by atoms with Gasteiger partial charge < -0.3 is 14.9 Å². The Morgan fingerprint density at radius 1 is 1.25 bits per heavy atom. The number of carbonyl (C=O) groups is 2. The predicted molar refractivity (Wildman–Crippen MR) is 69.7 cm³/mol. The van der Waals surface area contributed by atoms with Crippen molar-refractivity contribution in [1.29, 1.82) is 0 Å². The Kier molecular flexibility index (Phi) is 2.80. The summed E-state index contributed by atoms with van der Waals surface area (Å²) in [6.45, 7) is 5.22. The molecule has 20 heavy (non-hydrogen) atoms. The Labute approximate surface area is 116 Å². The van der Waals surface area contributed by atoms with E-state index >= 15 is 0 Å². The van der Waals surface area contributed by atoms with Crippen molar-refractivity contribution in [2.75, 3.05) is 0 Å². The van der Waals surface area contributed by atoms with Crippen molar-refractivity contribution in [1.82, 2.24) is 0 Å². The number of ketones is 1. The first-order valence-electron chi connectivity index (χ1n) is 6.87. The molecule has 0 bridgehead atoms. The van der Waals surface area contributed by atoms with E-state index in [0.29, 0.717) is 17.6 Å². The second kappa shape index (κ2) is 4.19. The average molecular weight is 278 g/mol. The van der Waals surface area contributed by atoms with Crippen molar-refractivity contribution in [3.05, 3.63) is 22.5 Å². The van der Waals surface area contributed by atoms with Crippen LogP contribution in [0.3, 0.4) is 0 Å². The van der Waals surface area contributed by atoms with Crippen LogP contribution in [-0.4, -0.2) is 34.2 Å². The van der Waals surface area contributed by atoms with E-state index in [4.69, 9.17) is 4.74 Å². The number of allylic oxidation sites excluding steroid dienone is 1. The van der Waals surface area contributed by atoms with E-state index < -0.39 is 29.8 Å². The molecule has 2 N–H and O–H groups in total. The highest BCUT2D eigenvalue weighted by molar-refractivity contribution is 6.11. The van der Waals surface area contributed by atoms with E-state index in [2.05, 4.69) is 0 Å². The Balaban J connectivity index is 2.15. The zero-order chi connectivity index (χ0) is 14.8. The maximum absolute atomic E-state index is 12.2. The fourth-order valence-corrected chi connectivity index (χ4v) is 3.85. The number of ether oxygens (including phenoxy) is 1. The minimum absolute atomic E-state index is 0.241. The van der Waals surface area contributed by atoms with Gasteiger partial charge >= 0.3 is 5.97 Å². The topological polar surface area (TPSA) is 83.8 Å². The van der Waals surface area contributed by atoms with Crippen LogP contribution in [0.15, 0.2) is 22.5 Å². The molecular weight excluding hydrogens is 260 g/mol. The standard InChI is InChI=1S/C15H18O5/c1-5-4-8(16)10-7(3)15(19)20-14(10)11-6(2)12(17)13(18)9(5)11/h7-8,10-11,14,16-17H,4H2,1-3H3/t7-,8-,10+,11-,14-/m0/s1. The van der Waals surface area contributed by atoms with Crippen molar-refractivity contribution < 1.29 is 24.5 Å². The van der Waals surface area contributed by atoms with Gasteiger partial charge in [0.05, 0.1) is 17.9 Å². The van der Waals surface area contributed by atoms with Crippen LogP contribution in [0.25, 0.3) is 0 Å². The van der Waals surface area contributed by atoms with Crippen molar-refractivity contribution in [3.63, 3.8) is 0 Å². The smallest absolute Gasteiger partial charge is 0.309 e. The molecule has 5 heteroatoms. The Morgan fingerprint density at radius 2 is 1.90 bits per heavy atom. The molecule has 0 aromatic rings.